The molecule has 1 heterocycles. The van der Waals surface area contributed by atoms with Crippen LogP contribution in [0.1, 0.15) is 12.5 Å². The van der Waals surface area contributed by atoms with Crippen molar-refractivity contribution in [3.05, 3.63) is 35.9 Å². The summed E-state index contributed by atoms with van der Waals surface area (Å²) in [6, 6.07) is 9.13. The van der Waals surface area contributed by atoms with E-state index in [-0.39, 0.29) is 18.5 Å². The Kier molecular flexibility index (Phi) is 8.39. The molecule has 94 valence electrons. The summed E-state index contributed by atoms with van der Waals surface area (Å²) in [4.78, 5) is 21.8. The molecule has 1 aromatic rings. The molecule has 1 N–H and O–H groups in total. The maximum atomic E-state index is 10.2. The van der Waals surface area contributed by atoms with E-state index in [9.17, 15) is 9.59 Å². The number of rotatable bonds is 2. The highest BCUT2D eigenvalue weighted by Gasteiger charge is 2.31. The van der Waals surface area contributed by atoms with Gasteiger partial charge in [-0.15, -0.1) is 0 Å². The molecule has 0 amide bonds. The summed E-state index contributed by atoms with van der Waals surface area (Å²) in [6.45, 7) is 1.72. The van der Waals surface area contributed by atoms with Gasteiger partial charge in [0.2, 0.25) is 0 Å². The van der Waals surface area contributed by atoms with Gasteiger partial charge in [-0.3, -0.25) is 4.79 Å². The van der Waals surface area contributed by atoms with Crippen molar-refractivity contribution in [2.45, 2.75) is 19.4 Å². The maximum Gasteiger partial charge on any atom is 0.347 e. The Morgan fingerprint density at radius 2 is 1.76 bits per heavy atom. The number of hydrogen-bond donors (Lipinski definition) is 1. The van der Waals surface area contributed by atoms with Crippen molar-refractivity contribution in [2.24, 2.45) is 0 Å². The van der Waals surface area contributed by atoms with Crippen molar-refractivity contribution in [3.63, 3.8) is 0 Å². The van der Waals surface area contributed by atoms with Gasteiger partial charge in [-0.2, -0.15) is 0 Å². The van der Waals surface area contributed by atoms with E-state index in [1.165, 1.54) is 0 Å². The van der Waals surface area contributed by atoms with Crippen LogP contribution in [-0.4, -0.2) is 28.1 Å². The molecule has 1 aliphatic heterocycles. The number of ether oxygens (including phenoxy) is 1. The number of carboxylic acids is 1. The second-order valence-electron chi connectivity index (χ2n) is 3.14. The van der Waals surface area contributed by atoms with Crippen molar-refractivity contribution in [3.8, 4) is 0 Å². The van der Waals surface area contributed by atoms with Gasteiger partial charge in [0.1, 0.15) is 0 Å². The van der Waals surface area contributed by atoms with Crippen molar-refractivity contribution in [1.82, 2.24) is 0 Å². The minimum Gasteiger partial charge on any atom is -0.481 e. The number of carboxylic acid groups (broad SMARTS) is 1. The van der Waals surface area contributed by atoms with Gasteiger partial charge in [0.25, 0.3) is 0 Å². The second-order valence-corrected chi connectivity index (χ2v) is 3.14. The van der Waals surface area contributed by atoms with Crippen molar-refractivity contribution >= 4 is 34.5 Å². The van der Waals surface area contributed by atoms with E-state index in [1.807, 2.05) is 23.1 Å². The zero-order valence-corrected chi connectivity index (χ0v) is 11.9. The number of aliphatic carboxylic acids is 1. The SMILES string of the molecule is CC1OC1=O.CI.O=C(O)Cc1ccccc1. The number of alkyl halides is 1. The first-order valence-corrected chi connectivity index (χ1v) is 7.09. The van der Waals surface area contributed by atoms with Crippen LogP contribution in [0.2, 0.25) is 0 Å². The summed E-state index contributed by atoms with van der Waals surface area (Å²) in [5.74, 6) is -0.865. The fourth-order valence-electron chi connectivity index (χ4n) is 0.911. The summed E-state index contributed by atoms with van der Waals surface area (Å²) in [5, 5.41) is 8.37. The van der Waals surface area contributed by atoms with E-state index in [0.29, 0.717) is 0 Å². The minimum atomic E-state index is -0.786. The maximum absolute atomic E-state index is 10.2. The molecule has 0 radical (unpaired) electrons. The topological polar surface area (TPSA) is 66.9 Å². The van der Waals surface area contributed by atoms with Crippen LogP contribution in [0.15, 0.2) is 30.3 Å². The normalized spacial score (nSPS) is 15.5. The number of cyclic esters (lactones) is 1. The van der Waals surface area contributed by atoms with Gasteiger partial charge in [0, 0.05) is 0 Å². The molecule has 1 fully saturated rings. The molecule has 0 saturated carbocycles. The number of hydrogen-bond acceptors (Lipinski definition) is 3. The molecule has 4 nitrogen and oxygen atoms in total. The van der Waals surface area contributed by atoms with Gasteiger partial charge in [-0.25, -0.2) is 4.79 Å². The lowest BCUT2D eigenvalue weighted by Gasteiger charge is -1.92. The molecule has 1 unspecified atom stereocenters. The van der Waals surface area contributed by atoms with Crippen LogP contribution in [0.3, 0.4) is 0 Å². The van der Waals surface area contributed by atoms with Gasteiger partial charge in [0.05, 0.1) is 6.42 Å². The molecule has 1 aliphatic rings. The van der Waals surface area contributed by atoms with E-state index in [0.717, 1.165) is 5.56 Å². The molecule has 17 heavy (non-hydrogen) atoms. The van der Waals surface area contributed by atoms with Crippen molar-refractivity contribution in [1.29, 1.82) is 0 Å². The van der Waals surface area contributed by atoms with Crippen LogP contribution in [0, 0.1) is 0 Å². The Balaban J connectivity index is 0.000000306. The van der Waals surface area contributed by atoms with Crippen LogP contribution >= 0.6 is 22.6 Å². The number of epoxide rings is 1. The molecular weight excluding hydrogens is 335 g/mol. The Morgan fingerprint density at radius 1 is 1.35 bits per heavy atom. The molecule has 0 aliphatic carbocycles. The van der Waals surface area contributed by atoms with E-state index in [2.05, 4.69) is 27.3 Å². The third-order valence-corrected chi connectivity index (χ3v) is 1.77. The molecular formula is C12H15IO4. The van der Waals surface area contributed by atoms with Gasteiger partial charge >= 0.3 is 11.9 Å². The van der Waals surface area contributed by atoms with Gasteiger partial charge in [-0.1, -0.05) is 52.9 Å². The summed E-state index contributed by atoms with van der Waals surface area (Å²) >= 11 is 2.15. The van der Waals surface area contributed by atoms with E-state index in [1.54, 1.807) is 19.1 Å². The molecule has 1 aromatic carbocycles. The van der Waals surface area contributed by atoms with Crippen molar-refractivity contribution < 1.29 is 19.4 Å². The number of halogens is 1. The van der Waals surface area contributed by atoms with Gasteiger partial charge < -0.3 is 9.84 Å². The van der Waals surface area contributed by atoms with Gasteiger partial charge in [-0.05, 0) is 17.4 Å². The average Bonchev–Trinajstić information content (AvgIpc) is 2.96. The fraction of sp³-hybridized carbons (Fsp3) is 0.333. The predicted octanol–water partition coefficient (Wildman–Crippen LogP) is 2.30. The summed E-state index contributed by atoms with van der Waals surface area (Å²) < 4.78 is 4.28. The predicted molar refractivity (Wildman–Crippen MR) is 73.3 cm³/mol. The lowest BCUT2D eigenvalue weighted by molar-refractivity contribution is -0.136. The first-order valence-electron chi connectivity index (χ1n) is 4.93. The Morgan fingerprint density at radius 3 is 2.06 bits per heavy atom. The van der Waals surface area contributed by atoms with Crippen LogP contribution in [-0.2, 0) is 20.7 Å². The second kappa shape index (κ2) is 8.98. The molecule has 0 bridgehead atoms. The van der Waals surface area contributed by atoms with Crippen LogP contribution < -0.4 is 0 Å². The lowest BCUT2D eigenvalue weighted by Crippen LogP contribution is -1.98. The molecule has 2 rings (SSSR count). The first kappa shape index (κ1) is 15.9. The summed E-state index contributed by atoms with van der Waals surface area (Å²) in [5.41, 5.74) is 0.843. The third kappa shape index (κ3) is 8.67. The third-order valence-electron chi connectivity index (χ3n) is 1.77. The largest absolute Gasteiger partial charge is 0.481 e. The molecule has 1 saturated heterocycles. The quantitative estimate of drug-likeness (QED) is 0.505. The van der Waals surface area contributed by atoms with E-state index >= 15 is 0 Å². The molecule has 0 aromatic heterocycles. The minimum absolute atomic E-state index is 0.0787. The first-order chi connectivity index (χ1) is 8.09. The van der Waals surface area contributed by atoms with Crippen LogP contribution in [0.4, 0.5) is 0 Å². The summed E-state index contributed by atoms with van der Waals surface area (Å²) in [7, 11) is 0. The van der Waals surface area contributed by atoms with Gasteiger partial charge in [0.15, 0.2) is 6.10 Å². The van der Waals surface area contributed by atoms with E-state index in [4.69, 9.17) is 5.11 Å². The van der Waals surface area contributed by atoms with Crippen LogP contribution in [0.25, 0.3) is 0 Å². The Labute approximate surface area is 114 Å². The highest BCUT2D eigenvalue weighted by molar-refractivity contribution is 14.1. The number of carbonyl (C=O) groups is 2. The number of carbonyl (C=O) groups excluding carboxylic acids is 1. The smallest absolute Gasteiger partial charge is 0.347 e. The zero-order chi connectivity index (χ0) is 13.3. The fourth-order valence-corrected chi connectivity index (χ4v) is 0.911. The molecule has 0 spiro atoms. The van der Waals surface area contributed by atoms with Crippen LogP contribution in [0.5, 0.6) is 0 Å². The Hall–Kier alpha value is -1.11. The number of benzene rings is 1. The molecule has 5 heteroatoms. The van der Waals surface area contributed by atoms with E-state index < -0.39 is 5.97 Å². The highest BCUT2D eigenvalue weighted by Crippen LogP contribution is 2.08. The lowest BCUT2D eigenvalue weighted by atomic mass is 10.2. The highest BCUT2D eigenvalue weighted by atomic mass is 127. The zero-order valence-electron chi connectivity index (χ0n) is 9.72. The Bertz CT molecular complexity index is 351. The monoisotopic (exact) mass is 350 g/mol. The van der Waals surface area contributed by atoms with Crippen molar-refractivity contribution in [2.75, 3.05) is 4.93 Å². The standard InChI is InChI=1S/C8H8O2.C3H4O2.CH3I/c9-8(10)6-7-4-2-1-3-5-7;1-2-3(4)5-2;1-2/h1-5H,6H2,(H,9,10);2H,1H3;1H3. The molecule has 1 atom stereocenters. The summed E-state index contributed by atoms with van der Waals surface area (Å²) in [6.07, 6.45) is 0.0240. The average molecular weight is 350 g/mol.